The highest BCUT2D eigenvalue weighted by Gasteiger charge is 2.63. The number of carbonyl (C=O) groups excluding carboxylic acids is 3. The Hall–Kier alpha value is -1.39. The lowest BCUT2D eigenvalue weighted by Gasteiger charge is -2.62. The van der Waals surface area contributed by atoms with E-state index < -0.39 is 0 Å². The zero-order chi connectivity index (χ0) is 22.2. The molecule has 4 aliphatic carbocycles. The Balaban J connectivity index is 1.58. The molecule has 10 atom stereocenters. The van der Waals surface area contributed by atoms with Crippen LogP contribution >= 0.6 is 0 Å². The fourth-order valence-electron chi connectivity index (χ4n) is 9.16. The van der Waals surface area contributed by atoms with E-state index in [9.17, 15) is 14.4 Å². The van der Waals surface area contributed by atoms with Crippen molar-refractivity contribution in [2.45, 2.75) is 97.2 Å². The van der Waals surface area contributed by atoms with E-state index in [-0.39, 0.29) is 23.5 Å². The van der Waals surface area contributed by atoms with Crippen molar-refractivity contribution in [1.29, 1.82) is 0 Å². The minimum atomic E-state index is -0.0734. The summed E-state index contributed by atoms with van der Waals surface area (Å²) >= 11 is 0. The van der Waals surface area contributed by atoms with Gasteiger partial charge in [-0.25, -0.2) is 0 Å². The van der Waals surface area contributed by atoms with Crippen molar-refractivity contribution >= 4 is 19.2 Å². The molecule has 0 aromatic rings. The van der Waals surface area contributed by atoms with E-state index in [0.717, 1.165) is 38.4 Å². The van der Waals surface area contributed by atoms with Crippen LogP contribution in [-0.4, -0.2) is 31.4 Å². The highest BCUT2D eigenvalue weighted by Crippen LogP contribution is 2.68. The third-order valence-electron chi connectivity index (χ3n) is 10.6. The minimum Gasteiger partial charge on any atom is -0.465 e. The molecule has 4 saturated carbocycles. The van der Waals surface area contributed by atoms with E-state index in [1.54, 1.807) is 0 Å². The molecular formula is C26H40O5. The summed E-state index contributed by atoms with van der Waals surface area (Å²) in [6, 6.07) is 0. The number of carbonyl (C=O) groups is 3. The SMILES string of the molecule is C[C@H](CCC=O)[C@H]1CC[C@H]2[C@@H]3C[C@H](OC=O)[C@@H]4C[C@H](OC=O)CC[C@]4(C)[C@H]3CC[C@]12C. The van der Waals surface area contributed by atoms with E-state index in [1.165, 1.54) is 25.7 Å². The molecule has 0 spiro atoms. The molecule has 0 radical (unpaired) electrons. The summed E-state index contributed by atoms with van der Waals surface area (Å²) in [6.45, 7) is 8.50. The number of fused-ring (bicyclic) bond motifs is 5. The average molecular weight is 433 g/mol. The van der Waals surface area contributed by atoms with Crippen molar-refractivity contribution in [2.24, 2.45) is 46.3 Å². The lowest BCUT2D eigenvalue weighted by Crippen LogP contribution is -2.59. The average Bonchev–Trinajstić information content (AvgIpc) is 3.10. The number of ether oxygens (including phenoxy) is 2. The molecule has 0 aliphatic heterocycles. The monoisotopic (exact) mass is 432 g/mol. The molecular weight excluding hydrogens is 392 g/mol. The van der Waals surface area contributed by atoms with Gasteiger partial charge in [0.2, 0.25) is 0 Å². The van der Waals surface area contributed by atoms with Crippen LogP contribution in [0.2, 0.25) is 0 Å². The number of rotatable bonds is 8. The summed E-state index contributed by atoms with van der Waals surface area (Å²) < 4.78 is 11.1. The van der Waals surface area contributed by atoms with E-state index in [2.05, 4.69) is 20.8 Å². The van der Waals surface area contributed by atoms with E-state index in [0.29, 0.717) is 54.4 Å². The van der Waals surface area contributed by atoms with Crippen LogP contribution in [0.4, 0.5) is 0 Å². The molecule has 174 valence electrons. The third kappa shape index (κ3) is 3.74. The van der Waals surface area contributed by atoms with Crippen LogP contribution in [-0.2, 0) is 23.9 Å². The number of aldehydes is 1. The van der Waals surface area contributed by atoms with Gasteiger partial charge in [0.05, 0.1) is 0 Å². The van der Waals surface area contributed by atoms with Crippen LogP contribution in [0.15, 0.2) is 0 Å². The maximum absolute atomic E-state index is 11.4. The minimum absolute atomic E-state index is 0.0479. The van der Waals surface area contributed by atoms with Gasteiger partial charge in [-0.3, -0.25) is 9.59 Å². The second-order valence-electron chi connectivity index (χ2n) is 11.6. The first kappa shape index (κ1) is 22.8. The maximum atomic E-state index is 11.4. The van der Waals surface area contributed by atoms with Gasteiger partial charge in [-0.1, -0.05) is 20.8 Å². The van der Waals surface area contributed by atoms with Crippen molar-refractivity contribution in [1.82, 2.24) is 0 Å². The van der Waals surface area contributed by atoms with Crippen LogP contribution < -0.4 is 0 Å². The fraction of sp³-hybridized carbons (Fsp3) is 0.885. The quantitative estimate of drug-likeness (QED) is 0.507. The molecule has 4 rings (SSSR count). The molecule has 5 nitrogen and oxygen atoms in total. The molecule has 0 heterocycles. The fourth-order valence-corrected chi connectivity index (χ4v) is 9.16. The van der Waals surface area contributed by atoms with Crippen LogP contribution in [0.1, 0.15) is 85.0 Å². The molecule has 5 heteroatoms. The standard InChI is InChI=1S/C26H40O5/c1-17(5-4-12-27)20-6-7-21-19-14-24(31-16-29)23-13-18(30-15-28)8-10-26(23,3)22(19)9-11-25(20,21)2/h12,15-24H,4-11,13-14H2,1-3H3/t17-,18-,19+,20-,21+,22+,23+,24+,25-,26-/m1/s1. The van der Waals surface area contributed by atoms with Crippen molar-refractivity contribution in [2.75, 3.05) is 0 Å². The first-order valence-electron chi connectivity index (χ1n) is 12.5. The summed E-state index contributed by atoms with van der Waals surface area (Å²) in [7, 11) is 0. The van der Waals surface area contributed by atoms with E-state index in [4.69, 9.17) is 9.47 Å². The van der Waals surface area contributed by atoms with E-state index >= 15 is 0 Å². The zero-order valence-corrected chi connectivity index (χ0v) is 19.5. The summed E-state index contributed by atoms with van der Waals surface area (Å²) in [5.74, 6) is 3.47. The van der Waals surface area contributed by atoms with Gasteiger partial charge in [0, 0.05) is 12.3 Å². The second kappa shape index (κ2) is 8.86. The molecule has 0 saturated heterocycles. The molecule has 4 aliphatic rings. The Morgan fingerprint density at radius 1 is 0.871 bits per heavy atom. The van der Waals surface area contributed by atoms with Gasteiger partial charge in [0.15, 0.2) is 0 Å². The first-order valence-corrected chi connectivity index (χ1v) is 12.5. The molecule has 0 aromatic heterocycles. The Morgan fingerprint density at radius 3 is 2.29 bits per heavy atom. The van der Waals surface area contributed by atoms with Gasteiger partial charge in [-0.15, -0.1) is 0 Å². The van der Waals surface area contributed by atoms with Gasteiger partial charge in [-0.05, 0) is 98.2 Å². The third-order valence-corrected chi connectivity index (χ3v) is 10.6. The van der Waals surface area contributed by atoms with Crippen LogP contribution in [0, 0.1) is 46.3 Å². The molecule has 31 heavy (non-hydrogen) atoms. The molecule has 0 N–H and O–H groups in total. The number of hydrogen-bond acceptors (Lipinski definition) is 5. The topological polar surface area (TPSA) is 69.7 Å². The highest BCUT2D eigenvalue weighted by molar-refractivity contribution is 5.49. The summed E-state index contributed by atoms with van der Waals surface area (Å²) in [6.07, 6.45) is 11.4. The molecule has 0 aromatic carbocycles. The Morgan fingerprint density at radius 2 is 1.58 bits per heavy atom. The summed E-state index contributed by atoms with van der Waals surface area (Å²) in [4.78, 5) is 33.3. The summed E-state index contributed by atoms with van der Waals surface area (Å²) in [5.41, 5.74) is 0.470. The van der Waals surface area contributed by atoms with Crippen LogP contribution in [0.3, 0.4) is 0 Å². The van der Waals surface area contributed by atoms with Crippen LogP contribution in [0.25, 0.3) is 0 Å². The van der Waals surface area contributed by atoms with Crippen molar-refractivity contribution in [3.63, 3.8) is 0 Å². The Bertz CT molecular complexity index is 679. The normalized spacial score (nSPS) is 47.3. The predicted octanol–water partition coefficient (Wildman–Crippen LogP) is 4.95. The lowest BCUT2D eigenvalue weighted by atomic mass is 9.43. The highest BCUT2D eigenvalue weighted by atomic mass is 16.5. The van der Waals surface area contributed by atoms with Crippen molar-refractivity contribution < 1.29 is 23.9 Å². The molecule has 0 amide bonds. The second-order valence-corrected chi connectivity index (χ2v) is 11.6. The van der Waals surface area contributed by atoms with Crippen LogP contribution in [0.5, 0.6) is 0 Å². The smallest absolute Gasteiger partial charge is 0.293 e. The molecule has 4 fully saturated rings. The first-order chi connectivity index (χ1) is 14.9. The zero-order valence-electron chi connectivity index (χ0n) is 19.5. The van der Waals surface area contributed by atoms with Gasteiger partial charge in [-0.2, -0.15) is 0 Å². The number of hydrogen-bond donors (Lipinski definition) is 0. The lowest BCUT2D eigenvalue weighted by molar-refractivity contribution is -0.189. The van der Waals surface area contributed by atoms with Gasteiger partial charge < -0.3 is 14.3 Å². The predicted molar refractivity (Wildman–Crippen MR) is 117 cm³/mol. The molecule has 0 unspecified atom stereocenters. The van der Waals surface area contributed by atoms with Gasteiger partial charge in [0.1, 0.15) is 18.5 Å². The largest absolute Gasteiger partial charge is 0.465 e. The Kier molecular flexibility index (Phi) is 6.52. The molecule has 0 bridgehead atoms. The van der Waals surface area contributed by atoms with Gasteiger partial charge in [0.25, 0.3) is 12.9 Å². The van der Waals surface area contributed by atoms with Gasteiger partial charge >= 0.3 is 0 Å². The van der Waals surface area contributed by atoms with Crippen molar-refractivity contribution in [3.05, 3.63) is 0 Å². The Labute approximate surface area is 187 Å². The van der Waals surface area contributed by atoms with Crippen molar-refractivity contribution in [3.8, 4) is 0 Å². The maximum Gasteiger partial charge on any atom is 0.293 e. The van der Waals surface area contributed by atoms with E-state index in [1.807, 2.05) is 0 Å². The summed E-state index contributed by atoms with van der Waals surface area (Å²) in [5, 5.41) is 0.